The van der Waals surface area contributed by atoms with Crippen molar-refractivity contribution in [2.45, 2.75) is 6.54 Å². The lowest BCUT2D eigenvalue weighted by atomic mass is 10.2. The molecular weight excluding hydrogens is 154 g/mol. The van der Waals surface area contributed by atoms with Crippen molar-refractivity contribution in [2.24, 2.45) is 0 Å². The zero-order valence-electron chi connectivity index (χ0n) is 6.78. The molecule has 0 bridgehead atoms. The number of hydrogen-bond donors (Lipinski definition) is 0. The van der Waals surface area contributed by atoms with Gasteiger partial charge in [-0.25, -0.2) is 0 Å². The number of carbonyl (C=O) groups excluding carboxylic acids is 1. The Morgan fingerprint density at radius 3 is 3.17 bits per heavy atom. The first kappa shape index (κ1) is 7.16. The Kier molecular flexibility index (Phi) is 1.50. The lowest BCUT2D eigenvalue weighted by Gasteiger charge is -2.11. The van der Waals surface area contributed by atoms with Crippen LogP contribution >= 0.6 is 0 Å². The molecule has 12 heavy (non-hydrogen) atoms. The topological polar surface area (TPSA) is 33.5 Å². The molecule has 0 radical (unpaired) electrons. The number of amides is 1. The molecule has 0 aliphatic carbocycles. The van der Waals surface area contributed by atoms with Crippen LogP contribution in [0.5, 0.6) is 0 Å². The van der Waals surface area contributed by atoms with Crippen LogP contribution in [-0.4, -0.2) is 17.9 Å². The van der Waals surface area contributed by atoms with Crippen LogP contribution in [0, 0.1) is 0 Å². The molecular formula is C9H9NO2. The highest BCUT2D eigenvalue weighted by molar-refractivity contribution is 5.92. The van der Waals surface area contributed by atoms with Crippen molar-refractivity contribution in [3.05, 3.63) is 29.7 Å². The molecule has 2 heterocycles. The summed E-state index contributed by atoms with van der Waals surface area (Å²) in [6.07, 6.45) is 4.98. The summed E-state index contributed by atoms with van der Waals surface area (Å²) in [5.41, 5.74) is 0.993. The summed E-state index contributed by atoms with van der Waals surface area (Å²) in [4.78, 5) is 12.8. The second-order valence-electron chi connectivity index (χ2n) is 2.83. The van der Waals surface area contributed by atoms with Gasteiger partial charge in [-0.2, -0.15) is 0 Å². The highest BCUT2D eigenvalue weighted by atomic mass is 16.3. The van der Waals surface area contributed by atoms with Gasteiger partial charge in [-0.05, 0) is 12.1 Å². The van der Waals surface area contributed by atoms with Crippen LogP contribution in [0.25, 0.3) is 6.08 Å². The Hall–Kier alpha value is -1.51. The first-order chi connectivity index (χ1) is 5.77. The van der Waals surface area contributed by atoms with Gasteiger partial charge in [-0.3, -0.25) is 4.79 Å². The van der Waals surface area contributed by atoms with E-state index in [1.807, 2.05) is 6.07 Å². The minimum absolute atomic E-state index is 0.0152. The van der Waals surface area contributed by atoms with Crippen LogP contribution in [-0.2, 0) is 11.3 Å². The van der Waals surface area contributed by atoms with Gasteiger partial charge in [0.05, 0.1) is 12.8 Å². The molecule has 0 atom stereocenters. The van der Waals surface area contributed by atoms with Crippen molar-refractivity contribution in [2.75, 3.05) is 7.05 Å². The molecule has 3 heteroatoms. The molecule has 0 spiro atoms. The second kappa shape index (κ2) is 2.52. The van der Waals surface area contributed by atoms with Crippen LogP contribution in [0.4, 0.5) is 0 Å². The van der Waals surface area contributed by atoms with Gasteiger partial charge in [0, 0.05) is 18.7 Å². The maximum absolute atomic E-state index is 11.2. The fourth-order valence-corrected chi connectivity index (χ4v) is 1.21. The van der Waals surface area contributed by atoms with Crippen LogP contribution in [0.1, 0.15) is 11.3 Å². The summed E-state index contributed by atoms with van der Waals surface area (Å²) >= 11 is 0. The molecule has 1 aromatic heterocycles. The van der Waals surface area contributed by atoms with Gasteiger partial charge in [0.25, 0.3) is 0 Å². The summed E-state index contributed by atoms with van der Waals surface area (Å²) in [5.74, 6) is 0.862. The summed E-state index contributed by atoms with van der Waals surface area (Å²) in [5, 5.41) is 0. The molecule has 0 fully saturated rings. The normalized spacial score (nSPS) is 16.1. The molecule has 2 rings (SSSR count). The smallest absolute Gasteiger partial charge is 0.246 e. The largest absolute Gasteiger partial charge is 0.467 e. The average Bonchev–Trinajstić information content (AvgIpc) is 2.43. The molecule has 0 N–H and O–H groups in total. The fourth-order valence-electron chi connectivity index (χ4n) is 1.21. The Labute approximate surface area is 70.3 Å². The quantitative estimate of drug-likeness (QED) is 0.577. The van der Waals surface area contributed by atoms with Gasteiger partial charge in [0.2, 0.25) is 5.91 Å². The van der Waals surface area contributed by atoms with E-state index in [1.165, 1.54) is 0 Å². The van der Waals surface area contributed by atoms with Crippen LogP contribution in [0.3, 0.4) is 0 Å². The van der Waals surface area contributed by atoms with Crippen LogP contribution in [0.2, 0.25) is 0 Å². The monoisotopic (exact) mass is 163 g/mol. The Morgan fingerprint density at radius 1 is 1.50 bits per heavy atom. The van der Waals surface area contributed by atoms with Gasteiger partial charge in [0.15, 0.2) is 0 Å². The van der Waals surface area contributed by atoms with Crippen molar-refractivity contribution < 1.29 is 9.21 Å². The van der Waals surface area contributed by atoms with E-state index in [4.69, 9.17) is 4.42 Å². The highest BCUT2D eigenvalue weighted by Gasteiger charge is 2.14. The number of rotatable bonds is 0. The fraction of sp³-hybridized carbons (Fsp3) is 0.222. The van der Waals surface area contributed by atoms with Crippen molar-refractivity contribution in [3.63, 3.8) is 0 Å². The molecule has 1 aromatic rings. The van der Waals surface area contributed by atoms with Crippen LogP contribution < -0.4 is 0 Å². The molecule has 0 saturated heterocycles. The van der Waals surface area contributed by atoms with Gasteiger partial charge in [-0.1, -0.05) is 0 Å². The number of furan rings is 1. The first-order valence-corrected chi connectivity index (χ1v) is 3.77. The molecule has 0 unspecified atom stereocenters. The molecule has 62 valence electrons. The number of likely N-dealkylation sites (N-methyl/N-ethyl adjacent to an activating group) is 1. The molecule has 3 nitrogen and oxygen atoms in total. The molecule has 0 saturated carbocycles. The lowest BCUT2D eigenvalue weighted by Crippen LogP contribution is -2.22. The third-order valence-corrected chi connectivity index (χ3v) is 1.94. The van der Waals surface area contributed by atoms with Crippen molar-refractivity contribution in [1.82, 2.24) is 4.90 Å². The van der Waals surface area contributed by atoms with E-state index < -0.39 is 0 Å². The summed E-state index contributed by atoms with van der Waals surface area (Å²) in [7, 11) is 1.75. The zero-order valence-corrected chi connectivity index (χ0v) is 6.78. The zero-order chi connectivity index (χ0) is 8.55. The maximum Gasteiger partial charge on any atom is 0.246 e. The lowest BCUT2D eigenvalue weighted by molar-refractivity contribution is -0.125. The van der Waals surface area contributed by atoms with E-state index in [2.05, 4.69) is 0 Å². The van der Waals surface area contributed by atoms with Gasteiger partial charge in [0.1, 0.15) is 5.76 Å². The van der Waals surface area contributed by atoms with Gasteiger partial charge in [-0.15, -0.1) is 0 Å². The Bertz CT molecular complexity index is 338. The molecule has 1 aliphatic rings. The summed E-state index contributed by atoms with van der Waals surface area (Å²) < 4.78 is 5.21. The number of carbonyl (C=O) groups is 1. The van der Waals surface area contributed by atoms with Crippen molar-refractivity contribution in [3.8, 4) is 0 Å². The maximum atomic E-state index is 11.2. The molecule has 0 aromatic carbocycles. The van der Waals surface area contributed by atoms with E-state index in [1.54, 1.807) is 30.4 Å². The van der Waals surface area contributed by atoms with Crippen molar-refractivity contribution in [1.29, 1.82) is 0 Å². The van der Waals surface area contributed by atoms with E-state index in [0.29, 0.717) is 6.54 Å². The third kappa shape index (κ3) is 1.03. The predicted octanol–water partition coefficient (Wildman–Crippen LogP) is 1.26. The van der Waals surface area contributed by atoms with Gasteiger partial charge >= 0.3 is 0 Å². The van der Waals surface area contributed by atoms with E-state index in [0.717, 1.165) is 11.3 Å². The number of nitrogens with zero attached hydrogens (tertiary/aromatic N) is 1. The standard InChI is InChI=1S/C9H9NO2/c1-10-6-8-7(4-5-12-8)2-3-9(10)11/h2-5H,6H2,1H3. The SMILES string of the molecule is CN1Cc2occc2C=CC1=O. The predicted molar refractivity (Wildman–Crippen MR) is 44.2 cm³/mol. The minimum atomic E-state index is 0.0152. The average molecular weight is 163 g/mol. The van der Waals surface area contributed by atoms with Crippen LogP contribution in [0.15, 0.2) is 22.8 Å². The van der Waals surface area contributed by atoms with E-state index in [-0.39, 0.29) is 5.91 Å². The summed E-state index contributed by atoms with van der Waals surface area (Å²) in [6.45, 7) is 0.550. The third-order valence-electron chi connectivity index (χ3n) is 1.94. The van der Waals surface area contributed by atoms with E-state index >= 15 is 0 Å². The second-order valence-corrected chi connectivity index (χ2v) is 2.83. The molecule has 1 aliphatic heterocycles. The van der Waals surface area contributed by atoms with E-state index in [9.17, 15) is 4.79 Å². The first-order valence-electron chi connectivity index (χ1n) is 3.77. The minimum Gasteiger partial charge on any atom is -0.467 e. The Balaban J connectivity index is 2.43. The number of hydrogen-bond acceptors (Lipinski definition) is 2. The van der Waals surface area contributed by atoms with Gasteiger partial charge < -0.3 is 9.32 Å². The van der Waals surface area contributed by atoms with Crippen molar-refractivity contribution >= 4 is 12.0 Å². The number of fused-ring (bicyclic) bond motifs is 1. The summed E-state index contributed by atoms with van der Waals surface area (Å²) in [6, 6.07) is 1.86. The highest BCUT2D eigenvalue weighted by Crippen LogP contribution is 2.17. The Morgan fingerprint density at radius 2 is 2.33 bits per heavy atom. The molecule has 1 amide bonds.